The summed E-state index contributed by atoms with van der Waals surface area (Å²) in [4.78, 5) is 13.3. The molecule has 0 fully saturated rings. The average Bonchev–Trinajstić information content (AvgIpc) is 3.05. The molecule has 2 aromatic carbocycles. The molecule has 4 nitrogen and oxygen atoms in total. The zero-order valence-corrected chi connectivity index (χ0v) is 15.3. The molecule has 0 radical (unpaired) electrons. The van der Waals surface area contributed by atoms with Crippen LogP contribution in [0.4, 0.5) is 4.39 Å². The van der Waals surface area contributed by atoms with E-state index in [0.29, 0.717) is 12.2 Å². The van der Waals surface area contributed by atoms with Gasteiger partial charge in [0, 0.05) is 17.1 Å². The molecule has 0 atom stereocenters. The molecule has 26 heavy (non-hydrogen) atoms. The van der Waals surface area contributed by atoms with Gasteiger partial charge in [0.05, 0.1) is 5.69 Å². The second-order valence-electron chi connectivity index (χ2n) is 5.83. The number of nitrogens with zero attached hydrogens (tertiary/aromatic N) is 2. The molecule has 0 saturated heterocycles. The average molecular weight is 369 g/mol. The Morgan fingerprint density at radius 2 is 1.88 bits per heavy atom. The third kappa shape index (κ3) is 4.73. The zero-order valence-electron chi connectivity index (χ0n) is 14.5. The Hall–Kier alpha value is -2.60. The highest BCUT2D eigenvalue weighted by molar-refractivity contribution is 7.99. The van der Waals surface area contributed by atoms with Crippen LogP contribution in [0.3, 0.4) is 0 Å². The first-order chi connectivity index (χ1) is 12.6. The van der Waals surface area contributed by atoms with Gasteiger partial charge in [-0.3, -0.25) is 4.79 Å². The highest BCUT2D eigenvalue weighted by Gasteiger charge is 2.12. The third-order valence-electron chi connectivity index (χ3n) is 3.81. The van der Waals surface area contributed by atoms with Crippen LogP contribution in [-0.4, -0.2) is 28.0 Å². The number of hydrogen-bond donors (Lipinski definition) is 1. The Morgan fingerprint density at radius 1 is 1.15 bits per heavy atom. The lowest BCUT2D eigenvalue weighted by Gasteiger charge is -2.04. The fraction of sp³-hybridized carbons (Fsp3) is 0.200. The summed E-state index contributed by atoms with van der Waals surface area (Å²) < 4.78 is 14.6. The van der Waals surface area contributed by atoms with E-state index < -0.39 is 0 Å². The van der Waals surface area contributed by atoms with E-state index in [1.165, 1.54) is 12.1 Å². The van der Waals surface area contributed by atoms with Crippen molar-refractivity contribution in [1.82, 2.24) is 15.1 Å². The van der Waals surface area contributed by atoms with Crippen molar-refractivity contribution in [2.45, 2.75) is 18.2 Å². The van der Waals surface area contributed by atoms with Crippen molar-refractivity contribution in [2.75, 3.05) is 12.3 Å². The largest absolute Gasteiger partial charge is 0.351 e. The standard InChI is InChI=1S/C20H20FN3OS/c1-15-14-19(23-24(15)17-6-3-2-4-7-17)20(25)22-12-5-13-26-18-10-8-16(21)9-11-18/h2-4,6-11,14H,5,12-13H2,1H3,(H,22,25). The van der Waals surface area contributed by atoms with E-state index in [0.717, 1.165) is 28.5 Å². The molecule has 0 aliphatic heterocycles. The van der Waals surface area contributed by atoms with E-state index in [-0.39, 0.29) is 11.7 Å². The molecule has 0 aliphatic carbocycles. The summed E-state index contributed by atoms with van der Waals surface area (Å²) in [7, 11) is 0. The maximum absolute atomic E-state index is 12.9. The monoisotopic (exact) mass is 369 g/mol. The number of aromatic nitrogens is 2. The van der Waals surface area contributed by atoms with E-state index in [1.54, 1.807) is 34.6 Å². The van der Waals surface area contributed by atoms with E-state index >= 15 is 0 Å². The Balaban J connectivity index is 1.47. The van der Waals surface area contributed by atoms with Crippen molar-refractivity contribution in [3.63, 3.8) is 0 Å². The van der Waals surface area contributed by atoms with E-state index in [1.807, 2.05) is 37.3 Å². The lowest BCUT2D eigenvalue weighted by Crippen LogP contribution is -2.25. The van der Waals surface area contributed by atoms with Gasteiger partial charge in [-0.15, -0.1) is 11.8 Å². The summed E-state index contributed by atoms with van der Waals surface area (Å²) in [5, 5.41) is 7.30. The first-order valence-corrected chi connectivity index (χ1v) is 9.41. The van der Waals surface area contributed by atoms with Crippen LogP contribution in [0, 0.1) is 12.7 Å². The minimum atomic E-state index is -0.230. The number of para-hydroxylation sites is 1. The maximum Gasteiger partial charge on any atom is 0.271 e. The van der Waals surface area contributed by atoms with Crippen molar-refractivity contribution >= 4 is 17.7 Å². The number of benzene rings is 2. The van der Waals surface area contributed by atoms with Gasteiger partial charge >= 0.3 is 0 Å². The Labute approximate surface area is 156 Å². The summed E-state index contributed by atoms with van der Waals surface area (Å²) in [5.74, 6) is 0.449. The molecule has 3 aromatic rings. The van der Waals surface area contributed by atoms with Gasteiger partial charge in [0.15, 0.2) is 5.69 Å². The van der Waals surface area contributed by atoms with Crippen molar-refractivity contribution in [3.05, 3.63) is 77.9 Å². The van der Waals surface area contributed by atoms with Gasteiger partial charge in [-0.2, -0.15) is 5.10 Å². The van der Waals surface area contributed by atoms with Crippen LogP contribution in [0.2, 0.25) is 0 Å². The summed E-state index contributed by atoms with van der Waals surface area (Å²) in [6.45, 7) is 2.50. The zero-order chi connectivity index (χ0) is 18.4. The number of nitrogens with one attached hydrogen (secondary N) is 1. The molecule has 6 heteroatoms. The van der Waals surface area contributed by atoms with Crippen molar-refractivity contribution in [1.29, 1.82) is 0 Å². The highest BCUT2D eigenvalue weighted by atomic mass is 32.2. The fourth-order valence-corrected chi connectivity index (χ4v) is 3.35. The molecule has 1 N–H and O–H groups in total. The lowest BCUT2D eigenvalue weighted by molar-refractivity contribution is 0.0948. The SMILES string of the molecule is Cc1cc(C(=O)NCCCSc2ccc(F)cc2)nn1-c1ccccc1. The minimum Gasteiger partial charge on any atom is -0.351 e. The van der Waals surface area contributed by atoms with Crippen molar-refractivity contribution < 1.29 is 9.18 Å². The number of thioether (sulfide) groups is 1. The summed E-state index contributed by atoms with van der Waals surface area (Å²) in [6, 6.07) is 17.9. The van der Waals surface area contributed by atoms with Crippen LogP contribution in [0.15, 0.2) is 65.6 Å². The Bertz CT molecular complexity index is 863. The number of carbonyl (C=O) groups is 1. The second-order valence-corrected chi connectivity index (χ2v) is 7.00. The van der Waals surface area contributed by atoms with Crippen LogP contribution >= 0.6 is 11.8 Å². The molecule has 1 amide bonds. The van der Waals surface area contributed by atoms with Crippen molar-refractivity contribution in [3.8, 4) is 5.69 Å². The molecule has 134 valence electrons. The van der Waals surface area contributed by atoms with Crippen LogP contribution in [-0.2, 0) is 0 Å². The molecule has 0 spiro atoms. The van der Waals surface area contributed by atoms with Gasteiger partial charge in [0.25, 0.3) is 5.91 Å². The smallest absolute Gasteiger partial charge is 0.271 e. The van der Waals surface area contributed by atoms with Crippen molar-refractivity contribution in [2.24, 2.45) is 0 Å². The summed E-state index contributed by atoms with van der Waals surface area (Å²) in [5.41, 5.74) is 2.26. The molecule has 1 heterocycles. The van der Waals surface area contributed by atoms with Gasteiger partial charge in [0.2, 0.25) is 0 Å². The normalized spacial score (nSPS) is 10.7. The number of amides is 1. The van der Waals surface area contributed by atoms with Crippen LogP contribution in [0.1, 0.15) is 22.6 Å². The molecule has 1 aromatic heterocycles. The minimum absolute atomic E-state index is 0.172. The van der Waals surface area contributed by atoms with E-state index in [2.05, 4.69) is 10.4 Å². The van der Waals surface area contributed by atoms with Gasteiger partial charge < -0.3 is 5.32 Å². The quantitative estimate of drug-likeness (QED) is 0.501. The number of aryl methyl sites for hydroxylation is 1. The number of carbonyl (C=O) groups excluding carboxylic acids is 1. The molecule has 0 unspecified atom stereocenters. The van der Waals surface area contributed by atoms with Crippen LogP contribution < -0.4 is 5.32 Å². The van der Waals surface area contributed by atoms with Gasteiger partial charge in [-0.05, 0) is 61.6 Å². The summed E-state index contributed by atoms with van der Waals surface area (Å²) in [6.07, 6.45) is 0.826. The highest BCUT2D eigenvalue weighted by Crippen LogP contribution is 2.18. The number of hydrogen-bond acceptors (Lipinski definition) is 3. The number of rotatable bonds is 7. The second kappa shape index (κ2) is 8.67. The van der Waals surface area contributed by atoms with Crippen LogP contribution in [0.5, 0.6) is 0 Å². The fourth-order valence-electron chi connectivity index (χ4n) is 2.50. The first kappa shape index (κ1) is 18.2. The molecule has 0 bridgehead atoms. The Kier molecular flexibility index (Phi) is 6.07. The van der Waals surface area contributed by atoms with E-state index in [4.69, 9.17) is 0 Å². The lowest BCUT2D eigenvalue weighted by atomic mass is 10.3. The third-order valence-corrected chi connectivity index (χ3v) is 4.91. The topological polar surface area (TPSA) is 46.9 Å². The maximum atomic E-state index is 12.9. The van der Waals surface area contributed by atoms with Gasteiger partial charge in [0.1, 0.15) is 5.82 Å². The molecule has 3 rings (SSSR count). The molecule has 0 aliphatic rings. The predicted octanol–water partition coefficient (Wildman–Crippen LogP) is 4.23. The molecular formula is C20H20FN3OS. The summed E-state index contributed by atoms with van der Waals surface area (Å²) >= 11 is 1.64. The predicted molar refractivity (Wildman–Crippen MR) is 102 cm³/mol. The van der Waals surface area contributed by atoms with Gasteiger partial charge in [-0.25, -0.2) is 9.07 Å². The van der Waals surface area contributed by atoms with Gasteiger partial charge in [-0.1, -0.05) is 18.2 Å². The number of halogens is 1. The Morgan fingerprint density at radius 3 is 2.62 bits per heavy atom. The first-order valence-electron chi connectivity index (χ1n) is 8.42. The van der Waals surface area contributed by atoms with Crippen LogP contribution in [0.25, 0.3) is 5.69 Å². The molecular weight excluding hydrogens is 349 g/mol. The van der Waals surface area contributed by atoms with E-state index in [9.17, 15) is 9.18 Å². The molecule has 0 saturated carbocycles.